The van der Waals surface area contributed by atoms with E-state index < -0.39 is 6.09 Å². The molecule has 20 heavy (non-hydrogen) atoms. The number of hydrogen-bond acceptors (Lipinski definition) is 3. The molecule has 0 aromatic carbocycles. The minimum atomic E-state index is -0.447. The van der Waals surface area contributed by atoms with E-state index in [4.69, 9.17) is 4.74 Å². The van der Waals surface area contributed by atoms with Gasteiger partial charge in [-0.15, -0.1) is 0 Å². The number of carbonyl (C=O) groups is 2. The van der Waals surface area contributed by atoms with E-state index in [-0.39, 0.29) is 5.91 Å². The highest BCUT2D eigenvalue weighted by atomic mass is 16.5. The third-order valence-corrected chi connectivity index (χ3v) is 3.63. The van der Waals surface area contributed by atoms with Crippen molar-refractivity contribution in [2.75, 3.05) is 13.2 Å². The van der Waals surface area contributed by atoms with Gasteiger partial charge in [-0.25, -0.2) is 4.79 Å². The smallest absolute Gasteiger partial charge is 0.407 e. The standard InChI is InChI=1S/C15H28N2O3/c1-11(2)10-20-15(19)16-9-8-14(18)17-13-7-5-4-6-12(13)3/h11-13H,4-10H2,1-3H3,(H,16,19)(H,17,18)/t12-,13+/m1/s1. The number of rotatable bonds is 6. The second-order valence-electron chi connectivity index (χ2n) is 6.10. The molecule has 0 spiro atoms. The summed E-state index contributed by atoms with van der Waals surface area (Å²) in [5.41, 5.74) is 0. The Balaban J connectivity index is 2.12. The van der Waals surface area contributed by atoms with Crippen LogP contribution in [0, 0.1) is 11.8 Å². The summed E-state index contributed by atoms with van der Waals surface area (Å²) in [5.74, 6) is 0.876. The zero-order valence-corrected chi connectivity index (χ0v) is 12.9. The Morgan fingerprint density at radius 2 is 1.95 bits per heavy atom. The molecular formula is C15H28N2O3. The fourth-order valence-corrected chi connectivity index (χ4v) is 2.38. The molecule has 2 atom stereocenters. The van der Waals surface area contributed by atoms with Crippen LogP contribution >= 0.6 is 0 Å². The van der Waals surface area contributed by atoms with Gasteiger partial charge in [0.25, 0.3) is 0 Å². The Morgan fingerprint density at radius 1 is 1.25 bits per heavy atom. The molecule has 5 heteroatoms. The number of ether oxygens (including phenoxy) is 1. The van der Waals surface area contributed by atoms with Gasteiger partial charge in [-0.3, -0.25) is 4.79 Å². The van der Waals surface area contributed by atoms with E-state index in [1.807, 2.05) is 13.8 Å². The fourth-order valence-electron chi connectivity index (χ4n) is 2.38. The lowest BCUT2D eigenvalue weighted by Gasteiger charge is -2.29. The van der Waals surface area contributed by atoms with Crippen LogP contribution < -0.4 is 10.6 Å². The van der Waals surface area contributed by atoms with Crippen molar-refractivity contribution < 1.29 is 14.3 Å². The Bertz CT molecular complexity index is 318. The number of amides is 2. The average Bonchev–Trinajstić information content (AvgIpc) is 2.39. The van der Waals surface area contributed by atoms with Gasteiger partial charge >= 0.3 is 6.09 Å². The summed E-state index contributed by atoms with van der Waals surface area (Å²) in [6.45, 7) is 6.87. The lowest BCUT2D eigenvalue weighted by Crippen LogP contribution is -2.42. The monoisotopic (exact) mass is 284 g/mol. The molecule has 5 nitrogen and oxygen atoms in total. The van der Waals surface area contributed by atoms with Gasteiger partial charge in [-0.2, -0.15) is 0 Å². The maximum absolute atomic E-state index is 11.8. The van der Waals surface area contributed by atoms with Gasteiger partial charge < -0.3 is 15.4 Å². The maximum Gasteiger partial charge on any atom is 0.407 e. The highest BCUT2D eigenvalue weighted by Crippen LogP contribution is 2.23. The molecule has 0 unspecified atom stereocenters. The Kier molecular flexibility index (Phi) is 7.41. The van der Waals surface area contributed by atoms with Crippen molar-refractivity contribution in [2.24, 2.45) is 11.8 Å². The number of nitrogens with one attached hydrogen (secondary N) is 2. The molecule has 0 heterocycles. The second kappa shape index (κ2) is 8.82. The second-order valence-corrected chi connectivity index (χ2v) is 6.10. The van der Waals surface area contributed by atoms with Gasteiger partial charge in [0.05, 0.1) is 6.61 Å². The van der Waals surface area contributed by atoms with Crippen molar-refractivity contribution in [1.29, 1.82) is 0 Å². The van der Waals surface area contributed by atoms with Crippen molar-refractivity contribution in [3.05, 3.63) is 0 Å². The summed E-state index contributed by atoms with van der Waals surface area (Å²) in [5, 5.41) is 5.66. The van der Waals surface area contributed by atoms with Crippen molar-refractivity contribution in [2.45, 2.75) is 58.9 Å². The quantitative estimate of drug-likeness (QED) is 0.787. The molecule has 1 rings (SSSR count). The zero-order valence-electron chi connectivity index (χ0n) is 12.9. The molecule has 1 aliphatic carbocycles. The lowest BCUT2D eigenvalue weighted by molar-refractivity contribution is -0.122. The van der Waals surface area contributed by atoms with Gasteiger partial charge in [-0.05, 0) is 24.7 Å². The molecule has 0 saturated heterocycles. The maximum atomic E-state index is 11.8. The molecule has 1 aliphatic rings. The first-order valence-electron chi connectivity index (χ1n) is 7.69. The van der Waals surface area contributed by atoms with E-state index in [0.29, 0.717) is 37.5 Å². The van der Waals surface area contributed by atoms with Crippen LogP contribution in [0.25, 0.3) is 0 Å². The lowest BCUT2D eigenvalue weighted by atomic mass is 9.86. The molecular weight excluding hydrogens is 256 g/mol. The van der Waals surface area contributed by atoms with Gasteiger partial charge in [0.15, 0.2) is 0 Å². The first kappa shape index (κ1) is 16.8. The van der Waals surface area contributed by atoms with Crippen LogP contribution in [0.5, 0.6) is 0 Å². The molecule has 2 N–H and O–H groups in total. The topological polar surface area (TPSA) is 67.4 Å². The predicted octanol–water partition coefficient (Wildman–Crippen LogP) is 2.45. The summed E-state index contributed by atoms with van der Waals surface area (Å²) in [7, 11) is 0. The van der Waals surface area contributed by atoms with Crippen LogP contribution in [0.2, 0.25) is 0 Å². The summed E-state index contributed by atoms with van der Waals surface area (Å²) in [4.78, 5) is 23.1. The average molecular weight is 284 g/mol. The molecule has 0 aliphatic heterocycles. The minimum absolute atomic E-state index is 0.00732. The third kappa shape index (κ3) is 6.78. The van der Waals surface area contributed by atoms with Gasteiger partial charge in [0, 0.05) is 19.0 Å². The Hall–Kier alpha value is -1.26. The van der Waals surface area contributed by atoms with E-state index in [1.54, 1.807) is 0 Å². The highest BCUT2D eigenvalue weighted by molar-refractivity contribution is 5.77. The molecule has 2 amide bonds. The van der Waals surface area contributed by atoms with Crippen molar-refractivity contribution >= 4 is 12.0 Å². The number of alkyl carbamates (subject to hydrolysis) is 1. The van der Waals surface area contributed by atoms with Crippen LogP contribution in [0.1, 0.15) is 52.9 Å². The highest BCUT2D eigenvalue weighted by Gasteiger charge is 2.22. The van der Waals surface area contributed by atoms with Crippen LogP contribution in [0.4, 0.5) is 4.79 Å². The fraction of sp³-hybridized carbons (Fsp3) is 0.867. The molecule has 1 saturated carbocycles. The van der Waals surface area contributed by atoms with Crippen molar-refractivity contribution in [1.82, 2.24) is 10.6 Å². The molecule has 0 radical (unpaired) electrons. The third-order valence-electron chi connectivity index (χ3n) is 3.63. The van der Waals surface area contributed by atoms with E-state index in [0.717, 1.165) is 6.42 Å². The van der Waals surface area contributed by atoms with Crippen molar-refractivity contribution in [3.63, 3.8) is 0 Å². The van der Waals surface area contributed by atoms with Gasteiger partial charge in [-0.1, -0.05) is 33.6 Å². The molecule has 0 aromatic heterocycles. The summed E-state index contributed by atoms with van der Waals surface area (Å²) < 4.78 is 4.97. The number of carbonyl (C=O) groups excluding carboxylic acids is 2. The predicted molar refractivity (Wildman–Crippen MR) is 78.4 cm³/mol. The van der Waals surface area contributed by atoms with Crippen LogP contribution in [-0.2, 0) is 9.53 Å². The van der Waals surface area contributed by atoms with E-state index in [9.17, 15) is 9.59 Å². The summed E-state index contributed by atoms with van der Waals surface area (Å²) in [6, 6.07) is 0.296. The Morgan fingerprint density at radius 3 is 2.60 bits per heavy atom. The molecule has 1 fully saturated rings. The first-order valence-corrected chi connectivity index (χ1v) is 7.69. The molecule has 0 bridgehead atoms. The van der Waals surface area contributed by atoms with Crippen LogP contribution in [0.3, 0.4) is 0 Å². The largest absolute Gasteiger partial charge is 0.449 e. The van der Waals surface area contributed by atoms with Crippen LogP contribution in [0.15, 0.2) is 0 Å². The molecule has 116 valence electrons. The van der Waals surface area contributed by atoms with Gasteiger partial charge in [0.1, 0.15) is 0 Å². The van der Waals surface area contributed by atoms with E-state index in [2.05, 4.69) is 17.6 Å². The van der Waals surface area contributed by atoms with E-state index >= 15 is 0 Å². The molecule has 0 aromatic rings. The summed E-state index contributed by atoms with van der Waals surface area (Å²) >= 11 is 0. The SMILES string of the molecule is CC(C)COC(=O)NCCC(=O)N[C@H]1CCCC[C@H]1C. The first-order chi connectivity index (χ1) is 9.49. The number of hydrogen-bond donors (Lipinski definition) is 2. The van der Waals surface area contributed by atoms with Crippen LogP contribution in [-0.4, -0.2) is 31.2 Å². The Labute approximate surface area is 121 Å². The zero-order chi connectivity index (χ0) is 15.0. The van der Waals surface area contributed by atoms with Gasteiger partial charge in [0.2, 0.25) is 5.91 Å². The normalized spacial score (nSPS) is 22.4. The van der Waals surface area contributed by atoms with E-state index in [1.165, 1.54) is 19.3 Å². The summed E-state index contributed by atoms with van der Waals surface area (Å²) in [6.07, 6.45) is 4.56. The van der Waals surface area contributed by atoms with Crippen molar-refractivity contribution in [3.8, 4) is 0 Å². The minimum Gasteiger partial charge on any atom is -0.449 e.